The van der Waals surface area contributed by atoms with Crippen LogP contribution >= 0.6 is 22.9 Å². The van der Waals surface area contributed by atoms with E-state index >= 15 is 0 Å². The Hall–Kier alpha value is -3.73. The molecule has 1 amide bonds. The molecule has 4 aromatic rings. The topological polar surface area (TPSA) is 107 Å². The Morgan fingerprint density at radius 2 is 1.84 bits per heavy atom. The average Bonchev–Trinajstić information content (AvgIpc) is 3.26. The van der Waals surface area contributed by atoms with Gasteiger partial charge in [-0.3, -0.25) is 9.59 Å². The zero-order valence-corrected chi connectivity index (χ0v) is 21.4. The van der Waals surface area contributed by atoms with E-state index in [0.717, 1.165) is 11.3 Å². The summed E-state index contributed by atoms with van der Waals surface area (Å²) in [6.07, 6.45) is 0. The number of methoxy groups -OCH3 is 2. The number of benzene rings is 2. The van der Waals surface area contributed by atoms with E-state index in [9.17, 15) is 14.0 Å². The first-order valence-corrected chi connectivity index (χ1v) is 12.2. The number of aromatic nitrogens is 1. The molecule has 0 aliphatic carbocycles. The highest BCUT2D eigenvalue weighted by atomic mass is 35.5. The molecule has 2 aromatic heterocycles. The monoisotopic (exact) mass is 544 g/mol. The van der Waals surface area contributed by atoms with Crippen molar-refractivity contribution in [3.8, 4) is 28.5 Å². The summed E-state index contributed by atoms with van der Waals surface area (Å²) in [6, 6.07) is 12.2. The average molecular weight is 545 g/mol. The number of halogens is 2. The predicted molar refractivity (Wildman–Crippen MR) is 139 cm³/mol. The van der Waals surface area contributed by atoms with E-state index in [1.165, 1.54) is 38.5 Å². The third kappa shape index (κ3) is 5.51. The lowest BCUT2D eigenvalue weighted by molar-refractivity contribution is 0.0902. The Bertz CT molecular complexity index is 1480. The zero-order valence-electron chi connectivity index (χ0n) is 19.8. The summed E-state index contributed by atoms with van der Waals surface area (Å²) in [7, 11) is 2.89. The van der Waals surface area contributed by atoms with Crippen LogP contribution in [0.5, 0.6) is 17.2 Å². The number of ketones is 1. The number of nitrogens with zero attached hydrogens (tertiary/aromatic N) is 1. The molecule has 2 N–H and O–H groups in total. The van der Waals surface area contributed by atoms with Crippen LogP contribution in [-0.2, 0) is 0 Å². The fraction of sp³-hybridized carbons (Fsp3) is 0.192. The standard InChI is InChI=1S/C26H22ClFN2O6S/c1-34-20-9-7-17(30-23(20)22-15-4-3-5-16(28)24(15)37-25(22)27)18(32)13-29-26(33)14-6-8-19(36-11-10-31)21(12-14)35-2/h3-9,12,31H,10-11,13H2,1-2H3,(H,29,33). The van der Waals surface area contributed by atoms with Crippen LogP contribution < -0.4 is 19.5 Å². The molecule has 0 bridgehead atoms. The van der Waals surface area contributed by atoms with E-state index in [-0.39, 0.29) is 31.0 Å². The van der Waals surface area contributed by atoms with Gasteiger partial charge in [-0.05, 0) is 36.4 Å². The summed E-state index contributed by atoms with van der Waals surface area (Å²) in [5.41, 5.74) is 1.09. The van der Waals surface area contributed by atoms with Crippen molar-refractivity contribution in [2.75, 3.05) is 34.0 Å². The van der Waals surface area contributed by atoms with Gasteiger partial charge in [0, 0.05) is 16.5 Å². The van der Waals surface area contributed by atoms with Gasteiger partial charge in [0.1, 0.15) is 33.9 Å². The smallest absolute Gasteiger partial charge is 0.251 e. The largest absolute Gasteiger partial charge is 0.494 e. The second-order valence-electron chi connectivity index (χ2n) is 7.66. The summed E-state index contributed by atoms with van der Waals surface area (Å²) in [5.74, 6) is -0.314. The molecule has 4 rings (SSSR count). The van der Waals surface area contributed by atoms with Crippen molar-refractivity contribution >= 4 is 44.7 Å². The molecule has 11 heteroatoms. The van der Waals surface area contributed by atoms with Crippen molar-refractivity contribution in [2.24, 2.45) is 0 Å². The van der Waals surface area contributed by atoms with Crippen LogP contribution in [-0.4, -0.2) is 55.8 Å². The zero-order chi connectivity index (χ0) is 26.5. The van der Waals surface area contributed by atoms with Crippen LogP contribution in [0.2, 0.25) is 4.34 Å². The van der Waals surface area contributed by atoms with Crippen molar-refractivity contribution < 1.29 is 33.3 Å². The molecular weight excluding hydrogens is 523 g/mol. The van der Waals surface area contributed by atoms with Crippen molar-refractivity contribution in [1.29, 1.82) is 0 Å². The maximum Gasteiger partial charge on any atom is 0.251 e. The van der Waals surface area contributed by atoms with Gasteiger partial charge in [0.25, 0.3) is 5.91 Å². The highest BCUT2D eigenvalue weighted by Gasteiger charge is 2.22. The molecule has 0 aliphatic heterocycles. The number of amides is 1. The Morgan fingerprint density at radius 1 is 1.08 bits per heavy atom. The number of hydrogen-bond acceptors (Lipinski definition) is 8. The number of rotatable bonds is 10. The highest BCUT2D eigenvalue weighted by molar-refractivity contribution is 7.23. The number of hydrogen-bond donors (Lipinski definition) is 2. The van der Waals surface area contributed by atoms with Crippen LogP contribution in [0.1, 0.15) is 20.8 Å². The maximum atomic E-state index is 14.3. The summed E-state index contributed by atoms with van der Waals surface area (Å²) >= 11 is 7.53. The van der Waals surface area contributed by atoms with Gasteiger partial charge in [0.2, 0.25) is 0 Å². The first-order valence-electron chi connectivity index (χ1n) is 11.0. The second-order valence-corrected chi connectivity index (χ2v) is 9.28. The molecular formula is C26H22ClFN2O6S. The number of fused-ring (bicyclic) bond motifs is 1. The van der Waals surface area contributed by atoms with E-state index in [1.807, 2.05) is 0 Å². The Morgan fingerprint density at radius 3 is 2.57 bits per heavy atom. The Labute approximate surface area is 220 Å². The lowest BCUT2D eigenvalue weighted by Gasteiger charge is -2.12. The lowest BCUT2D eigenvalue weighted by atomic mass is 10.1. The molecule has 0 saturated carbocycles. The first-order chi connectivity index (χ1) is 17.9. The molecule has 0 radical (unpaired) electrons. The summed E-state index contributed by atoms with van der Waals surface area (Å²) < 4.78 is 31.0. The normalized spacial score (nSPS) is 10.8. The van der Waals surface area contributed by atoms with Gasteiger partial charge in [0.05, 0.1) is 32.1 Å². The molecule has 2 aromatic carbocycles. The van der Waals surface area contributed by atoms with Crippen LogP contribution in [0.3, 0.4) is 0 Å². The summed E-state index contributed by atoms with van der Waals surface area (Å²) in [4.78, 5) is 30.0. The molecule has 8 nitrogen and oxygen atoms in total. The van der Waals surface area contributed by atoms with Crippen LogP contribution in [0.25, 0.3) is 21.3 Å². The van der Waals surface area contributed by atoms with Crippen molar-refractivity contribution in [3.63, 3.8) is 0 Å². The number of nitrogens with one attached hydrogen (secondary N) is 1. The molecule has 0 saturated heterocycles. The molecule has 0 spiro atoms. The van der Waals surface area contributed by atoms with Gasteiger partial charge >= 0.3 is 0 Å². The quantitative estimate of drug-likeness (QED) is 0.277. The van der Waals surface area contributed by atoms with Crippen molar-refractivity contribution in [3.05, 3.63) is 69.9 Å². The fourth-order valence-corrected chi connectivity index (χ4v) is 5.02. The number of pyridine rings is 1. The minimum atomic E-state index is -0.503. The van der Waals surface area contributed by atoms with Crippen LogP contribution in [0.15, 0.2) is 48.5 Å². The number of aliphatic hydroxyl groups excluding tert-OH is 1. The van der Waals surface area contributed by atoms with Crippen LogP contribution in [0, 0.1) is 5.82 Å². The Balaban J connectivity index is 1.55. The first kappa shape index (κ1) is 26.3. The number of carbonyl (C=O) groups is 2. The summed E-state index contributed by atoms with van der Waals surface area (Å²) in [5, 5.41) is 12.1. The predicted octanol–water partition coefficient (Wildman–Crippen LogP) is 4.76. The minimum absolute atomic E-state index is 0.0771. The molecule has 0 fully saturated rings. The number of thiophene rings is 1. The van der Waals surface area contributed by atoms with Gasteiger partial charge in [-0.1, -0.05) is 23.7 Å². The van der Waals surface area contributed by atoms with E-state index in [4.69, 9.17) is 30.9 Å². The van der Waals surface area contributed by atoms with Gasteiger partial charge in [0.15, 0.2) is 17.3 Å². The minimum Gasteiger partial charge on any atom is -0.494 e. The van der Waals surface area contributed by atoms with Gasteiger partial charge in [-0.2, -0.15) is 0 Å². The number of aliphatic hydroxyl groups is 1. The molecule has 0 atom stereocenters. The fourth-order valence-electron chi connectivity index (χ4n) is 3.66. The van der Waals surface area contributed by atoms with Gasteiger partial charge in [-0.25, -0.2) is 9.37 Å². The van der Waals surface area contributed by atoms with E-state index in [0.29, 0.717) is 42.9 Å². The third-order valence-electron chi connectivity index (χ3n) is 5.41. The lowest BCUT2D eigenvalue weighted by Crippen LogP contribution is -2.30. The SMILES string of the molecule is COc1cc(C(=O)NCC(=O)c2ccc(OC)c(-c3c(Cl)sc4c(F)cccc34)n2)ccc1OCCO. The van der Waals surface area contributed by atoms with Crippen molar-refractivity contribution in [2.45, 2.75) is 0 Å². The molecule has 2 heterocycles. The van der Waals surface area contributed by atoms with Gasteiger partial charge < -0.3 is 24.6 Å². The number of carbonyl (C=O) groups excluding carboxylic acids is 2. The Kier molecular flexibility index (Phi) is 8.22. The molecule has 192 valence electrons. The van der Waals surface area contributed by atoms with E-state index < -0.39 is 17.5 Å². The molecule has 0 unspecified atom stereocenters. The van der Waals surface area contributed by atoms with E-state index in [2.05, 4.69) is 10.3 Å². The number of ether oxygens (including phenoxy) is 3. The van der Waals surface area contributed by atoms with E-state index in [1.54, 1.807) is 24.3 Å². The van der Waals surface area contributed by atoms with Crippen molar-refractivity contribution in [1.82, 2.24) is 10.3 Å². The highest BCUT2D eigenvalue weighted by Crippen LogP contribution is 2.45. The summed E-state index contributed by atoms with van der Waals surface area (Å²) in [6.45, 7) is -0.412. The third-order valence-corrected chi connectivity index (χ3v) is 6.83. The number of Topliss-reactive ketones (excluding diaryl/α,β-unsaturated/α-hetero) is 1. The van der Waals surface area contributed by atoms with Crippen LogP contribution in [0.4, 0.5) is 4.39 Å². The molecule has 37 heavy (non-hydrogen) atoms. The second kappa shape index (κ2) is 11.5. The van der Waals surface area contributed by atoms with Gasteiger partial charge in [-0.15, -0.1) is 11.3 Å². The molecule has 0 aliphatic rings. The maximum absolute atomic E-state index is 14.3.